The van der Waals surface area contributed by atoms with E-state index in [1.807, 2.05) is 6.07 Å². The van der Waals surface area contributed by atoms with E-state index in [2.05, 4.69) is 4.98 Å². The highest BCUT2D eigenvalue weighted by molar-refractivity contribution is 7.13. The highest BCUT2D eigenvalue weighted by atomic mass is 35.5. The highest BCUT2D eigenvalue weighted by Gasteiger charge is 2.15. The zero-order valence-electron chi connectivity index (χ0n) is 10.1. The van der Waals surface area contributed by atoms with Crippen LogP contribution in [0.2, 0.25) is 10.0 Å². The van der Waals surface area contributed by atoms with Gasteiger partial charge in [0.1, 0.15) is 5.69 Å². The van der Waals surface area contributed by atoms with E-state index in [0.717, 1.165) is 5.56 Å². The summed E-state index contributed by atoms with van der Waals surface area (Å²) < 4.78 is 0. The Morgan fingerprint density at radius 3 is 2.74 bits per heavy atom. The number of nitrogens with zero attached hydrogens (tertiary/aromatic N) is 2. The molecule has 0 saturated heterocycles. The van der Waals surface area contributed by atoms with Gasteiger partial charge in [-0.3, -0.25) is 4.79 Å². The van der Waals surface area contributed by atoms with E-state index in [4.69, 9.17) is 28.9 Å². The SMILES string of the molecule is CN(Cc1ccc(Cl)c(Cl)c1)C(=O)c1csc(N)n1. The third kappa shape index (κ3) is 3.37. The molecule has 0 atom stereocenters. The minimum Gasteiger partial charge on any atom is -0.375 e. The van der Waals surface area contributed by atoms with E-state index in [-0.39, 0.29) is 5.91 Å². The lowest BCUT2D eigenvalue weighted by atomic mass is 10.2. The average Bonchev–Trinajstić information content (AvgIpc) is 2.79. The Kier molecular flexibility index (Phi) is 4.29. The van der Waals surface area contributed by atoms with Gasteiger partial charge in [-0.2, -0.15) is 0 Å². The first-order chi connectivity index (χ1) is 8.97. The number of rotatable bonds is 3. The number of carbonyl (C=O) groups excluding carboxylic acids is 1. The van der Waals surface area contributed by atoms with Gasteiger partial charge in [-0.25, -0.2) is 4.98 Å². The monoisotopic (exact) mass is 315 g/mol. The maximum atomic E-state index is 12.1. The van der Waals surface area contributed by atoms with Crippen LogP contribution in [0.15, 0.2) is 23.6 Å². The molecule has 1 amide bonds. The zero-order chi connectivity index (χ0) is 14.0. The molecule has 0 spiro atoms. The molecule has 2 aromatic rings. The van der Waals surface area contributed by atoms with E-state index in [1.165, 1.54) is 11.3 Å². The number of carbonyl (C=O) groups is 1. The summed E-state index contributed by atoms with van der Waals surface area (Å²) in [6.07, 6.45) is 0. The molecule has 0 aliphatic rings. The molecule has 0 bridgehead atoms. The quantitative estimate of drug-likeness (QED) is 0.945. The second-order valence-electron chi connectivity index (χ2n) is 3.98. The highest BCUT2D eigenvalue weighted by Crippen LogP contribution is 2.23. The van der Waals surface area contributed by atoms with Crippen molar-refractivity contribution in [2.75, 3.05) is 12.8 Å². The summed E-state index contributed by atoms with van der Waals surface area (Å²) in [4.78, 5) is 17.6. The first kappa shape index (κ1) is 14.1. The van der Waals surface area contributed by atoms with Gasteiger partial charge in [0.25, 0.3) is 5.91 Å². The molecule has 2 rings (SSSR count). The van der Waals surface area contributed by atoms with Crippen molar-refractivity contribution in [2.24, 2.45) is 0 Å². The molecule has 0 saturated carbocycles. The third-order valence-corrected chi connectivity index (χ3v) is 3.90. The van der Waals surface area contributed by atoms with Gasteiger partial charge in [0.05, 0.1) is 10.0 Å². The Morgan fingerprint density at radius 1 is 1.42 bits per heavy atom. The molecule has 1 aromatic heterocycles. The van der Waals surface area contributed by atoms with Crippen molar-refractivity contribution in [3.8, 4) is 0 Å². The fourth-order valence-electron chi connectivity index (χ4n) is 1.57. The number of anilines is 1. The summed E-state index contributed by atoms with van der Waals surface area (Å²) in [5, 5.41) is 2.99. The van der Waals surface area contributed by atoms with Gasteiger partial charge in [-0.05, 0) is 17.7 Å². The van der Waals surface area contributed by atoms with Gasteiger partial charge in [-0.15, -0.1) is 11.3 Å². The Bertz CT molecular complexity index is 615. The minimum absolute atomic E-state index is 0.181. The third-order valence-electron chi connectivity index (χ3n) is 2.49. The summed E-state index contributed by atoms with van der Waals surface area (Å²) in [5.41, 5.74) is 6.76. The van der Waals surface area contributed by atoms with Crippen molar-refractivity contribution < 1.29 is 4.79 Å². The fraction of sp³-hybridized carbons (Fsp3) is 0.167. The van der Waals surface area contributed by atoms with Crippen LogP contribution >= 0.6 is 34.5 Å². The number of thiazole rings is 1. The fourth-order valence-corrected chi connectivity index (χ4v) is 2.42. The van der Waals surface area contributed by atoms with Gasteiger partial charge in [0.2, 0.25) is 0 Å². The second-order valence-corrected chi connectivity index (χ2v) is 5.68. The van der Waals surface area contributed by atoms with Crippen LogP contribution in [-0.4, -0.2) is 22.8 Å². The first-order valence-corrected chi connectivity index (χ1v) is 7.01. The van der Waals surface area contributed by atoms with E-state index in [9.17, 15) is 4.79 Å². The van der Waals surface area contributed by atoms with Crippen LogP contribution in [0.1, 0.15) is 16.1 Å². The van der Waals surface area contributed by atoms with Crippen LogP contribution in [0.25, 0.3) is 0 Å². The second kappa shape index (κ2) is 5.77. The zero-order valence-corrected chi connectivity index (χ0v) is 12.4. The molecular weight excluding hydrogens is 305 g/mol. The van der Waals surface area contributed by atoms with Gasteiger partial charge >= 0.3 is 0 Å². The molecule has 0 fully saturated rings. The lowest BCUT2D eigenvalue weighted by molar-refractivity contribution is 0.0780. The van der Waals surface area contributed by atoms with Crippen LogP contribution < -0.4 is 5.73 Å². The Labute approximate surface area is 124 Å². The number of amides is 1. The number of benzene rings is 1. The molecule has 7 heteroatoms. The van der Waals surface area contributed by atoms with Crippen LogP contribution in [0.3, 0.4) is 0 Å². The van der Waals surface area contributed by atoms with Gasteiger partial charge in [0.15, 0.2) is 5.13 Å². The maximum Gasteiger partial charge on any atom is 0.273 e. The Hall–Kier alpha value is -1.30. The van der Waals surface area contributed by atoms with Gasteiger partial charge < -0.3 is 10.6 Å². The van der Waals surface area contributed by atoms with Gasteiger partial charge in [-0.1, -0.05) is 29.3 Å². The summed E-state index contributed by atoms with van der Waals surface area (Å²) in [6, 6.07) is 5.27. The number of nitrogens with two attached hydrogens (primary N) is 1. The molecule has 2 N–H and O–H groups in total. The van der Waals surface area contributed by atoms with Crippen molar-refractivity contribution in [2.45, 2.75) is 6.54 Å². The van der Waals surface area contributed by atoms with Crippen LogP contribution in [0, 0.1) is 0 Å². The normalized spacial score (nSPS) is 10.5. The lowest BCUT2D eigenvalue weighted by Crippen LogP contribution is -2.26. The van der Waals surface area contributed by atoms with Crippen LogP contribution in [0.5, 0.6) is 0 Å². The molecule has 1 aromatic carbocycles. The minimum atomic E-state index is -0.181. The van der Waals surface area contributed by atoms with E-state index >= 15 is 0 Å². The standard InChI is InChI=1S/C12H11Cl2N3OS/c1-17(11(18)10-6-19-12(15)16-10)5-7-2-3-8(13)9(14)4-7/h2-4,6H,5H2,1H3,(H2,15,16). The van der Waals surface area contributed by atoms with Crippen LogP contribution in [0.4, 0.5) is 5.13 Å². The number of aromatic nitrogens is 1. The van der Waals surface area contributed by atoms with Crippen molar-refractivity contribution in [3.05, 3.63) is 44.9 Å². The van der Waals surface area contributed by atoms with Crippen molar-refractivity contribution in [1.29, 1.82) is 0 Å². The van der Waals surface area contributed by atoms with E-state index in [0.29, 0.717) is 27.4 Å². The predicted octanol–water partition coefficient (Wildman–Crippen LogP) is 3.30. The maximum absolute atomic E-state index is 12.1. The topological polar surface area (TPSA) is 59.2 Å². The number of hydrogen-bond acceptors (Lipinski definition) is 4. The van der Waals surface area contributed by atoms with Gasteiger partial charge in [0, 0.05) is 19.0 Å². The van der Waals surface area contributed by atoms with E-state index < -0.39 is 0 Å². The van der Waals surface area contributed by atoms with E-state index in [1.54, 1.807) is 29.5 Å². The lowest BCUT2D eigenvalue weighted by Gasteiger charge is -2.16. The van der Waals surface area contributed by atoms with Crippen LogP contribution in [-0.2, 0) is 6.54 Å². The number of nitrogen functional groups attached to an aromatic ring is 1. The Morgan fingerprint density at radius 2 is 2.16 bits per heavy atom. The largest absolute Gasteiger partial charge is 0.375 e. The molecule has 1 heterocycles. The Balaban J connectivity index is 2.10. The van der Waals surface area contributed by atoms with Crippen molar-refractivity contribution >= 4 is 45.6 Å². The smallest absolute Gasteiger partial charge is 0.273 e. The molecule has 0 radical (unpaired) electrons. The molecule has 100 valence electrons. The molecular formula is C12H11Cl2N3OS. The van der Waals surface area contributed by atoms with Crippen molar-refractivity contribution in [3.63, 3.8) is 0 Å². The molecule has 4 nitrogen and oxygen atoms in total. The summed E-state index contributed by atoms with van der Waals surface area (Å²) in [7, 11) is 1.69. The molecule has 19 heavy (non-hydrogen) atoms. The first-order valence-electron chi connectivity index (χ1n) is 5.38. The molecule has 0 unspecified atom stereocenters. The molecule has 0 aliphatic heterocycles. The predicted molar refractivity (Wildman–Crippen MR) is 78.8 cm³/mol. The average molecular weight is 316 g/mol. The number of hydrogen-bond donors (Lipinski definition) is 1. The summed E-state index contributed by atoms with van der Waals surface area (Å²) >= 11 is 13.0. The van der Waals surface area contributed by atoms with Crippen molar-refractivity contribution in [1.82, 2.24) is 9.88 Å². The number of halogens is 2. The summed E-state index contributed by atoms with van der Waals surface area (Å²) in [6.45, 7) is 0.424. The summed E-state index contributed by atoms with van der Waals surface area (Å²) in [5.74, 6) is -0.181. The molecule has 0 aliphatic carbocycles.